The van der Waals surface area contributed by atoms with Gasteiger partial charge in [-0.1, -0.05) is 33.3 Å². The van der Waals surface area contributed by atoms with Crippen molar-refractivity contribution in [2.24, 2.45) is 17.8 Å². The lowest BCUT2D eigenvalue weighted by atomic mass is 9.79. The summed E-state index contributed by atoms with van der Waals surface area (Å²) in [6.45, 7) is 8.28. The summed E-state index contributed by atoms with van der Waals surface area (Å²) in [6, 6.07) is 0. The van der Waals surface area contributed by atoms with Crippen LogP contribution in [0.1, 0.15) is 39.5 Å². The summed E-state index contributed by atoms with van der Waals surface area (Å²) in [5, 5.41) is 12.0. The molecule has 2 N–H and O–H groups in total. The van der Waals surface area contributed by atoms with Gasteiger partial charge in [0.15, 0.2) is 0 Å². The molecule has 1 fully saturated rings. The van der Waals surface area contributed by atoms with Crippen LogP contribution in [0.4, 0.5) is 0 Å². The Morgan fingerprint density at radius 2 is 1.78 bits per heavy atom. The second-order valence-corrected chi connectivity index (χ2v) is 6.53. The second kappa shape index (κ2) is 8.70. The van der Waals surface area contributed by atoms with Crippen molar-refractivity contribution in [3.05, 3.63) is 12.2 Å². The fourth-order valence-electron chi connectivity index (χ4n) is 2.81. The number of amides is 2. The predicted molar refractivity (Wildman–Crippen MR) is 87.7 cm³/mol. The average molecular weight is 324 g/mol. The standard InChI is InChI=1S/C17H28N2O4/c1-11(2)12(3)16(21)19(4)10-9-18-15(20)13-7-5-6-8-14(13)17(22)23/h11,13-14H,3,5-10H2,1-2,4H3,(H,18,20)(H,22,23). The van der Waals surface area contributed by atoms with Gasteiger partial charge in [0.25, 0.3) is 0 Å². The van der Waals surface area contributed by atoms with Crippen LogP contribution in [0.15, 0.2) is 12.2 Å². The fraction of sp³-hybridized carbons (Fsp3) is 0.706. The number of nitrogens with zero attached hydrogens (tertiary/aromatic N) is 1. The Balaban J connectivity index is 2.45. The van der Waals surface area contributed by atoms with Gasteiger partial charge in [0.2, 0.25) is 11.8 Å². The van der Waals surface area contributed by atoms with E-state index in [1.807, 2.05) is 13.8 Å². The van der Waals surface area contributed by atoms with Crippen LogP contribution in [-0.2, 0) is 14.4 Å². The molecule has 0 saturated heterocycles. The van der Waals surface area contributed by atoms with Crippen LogP contribution in [0.5, 0.6) is 0 Å². The molecule has 1 aliphatic rings. The molecule has 0 aromatic heterocycles. The van der Waals surface area contributed by atoms with Crippen molar-refractivity contribution in [3.63, 3.8) is 0 Å². The lowest BCUT2D eigenvalue weighted by Crippen LogP contribution is -2.43. The van der Waals surface area contributed by atoms with Crippen LogP contribution in [-0.4, -0.2) is 47.9 Å². The molecule has 6 heteroatoms. The molecule has 0 bridgehead atoms. The van der Waals surface area contributed by atoms with Crippen LogP contribution < -0.4 is 5.32 Å². The number of carbonyl (C=O) groups is 3. The largest absolute Gasteiger partial charge is 0.481 e. The molecule has 2 amide bonds. The van der Waals surface area contributed by atoms with Crippen LogP contribution in [0.25, 0.3) is 0 Å². The van der Waals surface area contributed by atoms with E-state index < -0.39 is 17.8 Å². The highest BCUT2D eigenvalue weighted by Crippen LogP contribution is 2.30. The quantitative estimate of drug-likeness (QED) is 0.697. The molecule has 0 spiro atoms. The van der Waals surface area contributed by atoms with Crippen molar-refractivity contribution in [3.8, 4) is 0 Å². The molecular weight excluding hydrogens is 296 g/mol. The minimum Gasteiger partial charge on any atom is -0.481 e. The van der Waals surface area contributed by atoms with Gasteiger partial charge in [0.05, 0.1) is 11.8 Å². The van der Waals surface area contributed by atoms with Crippen molar-refractivity contribution < 1.29 is 19.5 Å². The van der Waals surface area contributed by atoms with Crippen LogP contribution in [0, 0.1) is 17.8 Å². The third-order valence-corrected chi connectivity index (χ3v) is 4.48. The number of aliphatic carboxylic acids is 1. The first kappa shape index (κ1) is 19.2. The highest BCUT2D eigenvalue weighted by molar-refractivity contribution is 5.93. The van der Waals surface area contributed by atoms with E-state index in [0.717, 1.165) is 12.8 Å². The van der Waals surface area contributed by atoms with E-state index in [4.69, 9.17) is 0 Å². The highest BCUT2D eigenvalue weighted by atomic mass is 16.4. The van der Waals surface area contributed by atoms with Gasteiger partial charge in [-0.3, -0.25) is 14.4 Å². The number of rotatable bonds is 7. The average Bonchev–Trinajstić information content (AvgIpc) is 2.52. The molecule has 2 atom stereocenters. The summed E-state index contributed by atoms with van der Waals surface area (Å²) in [4.78, 5) is 37.0. The van der Waals surface area contributed by atoms with E-state index in [0.29, 0.717) is 31.5 Å². The second-order valence-electron chi connectivity index (χ2n) is 6.53. The van der Waals surface area contributed by atoms with Crippen molar-refractivity contribution in [2.75, 3.05) is 20.1 Å². The zero-order valence-electron chi connectivity index (χ0n) is 14.3. The van der Waals surface area contributed by atoms with Gasteiger partial charge in [-0.15, -0.1) is 0 Å². The Morgan fingerprint density at radius 1 is 1.22 bits per heavy atom. The molecule has 1 aliphatic carbocycles. The van der Waals surface area contributed by atoms with E-state index in [-0.39, 0.29) is 17.7 Å². The summed E-state index contributed by atoms with van der Waals surface area (Å²) < 4.78 is 0. The van der Waals surface area contributed by atoms with Crippen LogP contribution in [0.3, 0.4) is 0 Å². The number of carboxylic acids is 1. The monoisotopic (exact) mass is 324 g/mol. The van der Waals surface area contributed by atoms with E-state index in [1.165, 1.54) is 4.90 Å². The number of likely N-dealkylation sites (N-methyl/N-ethyl adjacent to an activating group) is 1. The van der Waals surface area contributed by atoms with E-state index in [9.17, 15) is 19.5 Å². The smallest absolute Gasteiger partial charge is 0.307 e. The highest BCUT2D eigenvalue weighted by Gasteiger charge is 2.35. The van der Waals surface area contributed by atoms with Crippen LogP contribution >= 0.6 is 0 Å². The molecule has 0 heterocycles. The first-order valence-corrected chi connectivity index (χ1v) is 8.20. The molecule has 0 aromatic rings. The summed E-state index contributed by atoms with van der Waals surface area (Å²) in [5.74, 6) is -2.23. The molecule has 2 unspecified atom stereocenters. The SMILES string of the molecule is C=C(C(=O)N(C)CCNC(=O)C1CCCCC1C(=O)O)C(C)C. The van der Waals surface area contributed by atoms with E-state index in [1.54, 1.807) is 7.05 Å². The first-order valence-electron chi connectivity index (χ1n) is 8.20. The first-order chi connectivity index (χ1) is 10.8. The topological polar surface area (TPSA) is 86.7 Å². The molecule has 6 nitrogen and oxygen atoms in total. The maximum atomic E-state index is 12.2. The minimum absolute atomic E-state index is 0.0816. The predicted octanol–water partition coefficient (Wildman–Crippen LogP) is 1.66. The van der Waals surface area contributed by atoms with Gasteiger partial charge in [-0.25, -0.2) is 0 Å². The van der Waals surface area contributed by atoms with E-state index >= 15 is 0 Å². The summed E-state index contributed by atoms with van der Waals surface area (Å²) in [6.07, 6.45) is 2.91. The zero-order valence-corrected chi connectivity index (χ0v) is 14.3. The molecule has 130 valence electrons. The molecule has 1 rings (SSSR count). The minimum atomic E-state index is -0.898. The van der Waals surface area contributed by atoms with Crippen molar-refractivity contribution in [1.82, 2.24) is 10.2 Å². The fourth-order valence-corrected chi connectivity index (χ4v) is 2.81. The van der Waals surface area contributed by atoms with Crippen LogP contribution in [0.2, 0.25) is 0 Å². The van der Waals surface area contributed by atoms with Gasteiger partial charge < -0.3 is 15.3 Å². The Kier molecular flexibility index (Phi) is 7.26. The van der Waals surface area contributed by atoms with Gasteiger partial charge in [-0.2, -0.15) is 0 Å². The molecule has 1 saturated carbocycles. The lowest BCUT2D eigenvalue weighted by Gasteiger charge is -2.28. The van der Waals surface area contributed by atoms with Crippen molar-refractivity contribution >= 4 is 17.8 Å². The Morgan fingerprint density at radius 3 is 2.30 bits per heavy atom. The zero-order chi connectivity index (χ0) is 17.6. The third-order valence-electron chi connectivity index (χ3n) is 4.48. The lowest BCUT2D eigenvalue weighted by molar-refractivity contribution is -0.148. The normalized spacial score (nSPS) is 20.9. The number of carbonyl (C=O) groups excluding carboxylic acids is 2. The molecule has 0 aromatic carbocycles. The maximum absolute atomic E-state index is 12.2. The van der Waals surface area contributed by atoms with Gasteiger partial charge in [-0.05, 0) is 18.8 Å². The molecule has 23 heavy (non-hydrogen) atoms. The third kappa shape index (κ3) is 5.37. The number of hydrogen-bond donors (Lipinski definition) is 2. The van der Waals surface area contributed by atoms with E-state index in [2.05, 4.69) is 11.9 Å². The molecular formula is C17H28N2O4. The molecule has 0 aliphatic heterocycles. The number of hydrogen-bond acceptors (Lipinski definition) is 3. The van der Waals surface area contributed by atoms with Crippen molar-refractivity contribution in [1.29, 1.82) is 0 Å². The summed E-state index contributed by atoms with van der Waals surface area (Å²) in [7, 11) is 1.67. The summed E-state index contributed by atoms with van der Waals surface area (Å²) >= 11 is 0. The summed E-state index contributed by atoms with van der Waals surface area (Å²) in [5.41, 5.74) is 0.539. The Bertz CT molecular complexity index is 473. The number of carboxylic acid groups (broad SMARTS) is 1. The van der Waals surface area contributed by atoms with Crippen molar-refractivity contribution in [2.45, 2.75) is 39.5 Å². The Labute approximate surface area is 137 Å². The van der Waals surface area contributed by atoms with Gasteiger partial charge in [0, 0.05) is 25.7 Å². The maximum Gasteiger partial charge on any atom is 0.307 e. The van der Waals surface area contributed by atoms with Gasteiger partial charge in [0.1, 0.15) is 0 Å². The van der Waals surface area contributed by atoms with Gasteiger partial charge >= 0.3 is 5.97 Å². The molecule has 0 radical (unpaired) electrons. The number of nitrogens with one attached hydrogen (secondary N) is 1. The Hall–Kier alpha value is -1.85.